The van der Waals surface area contributed by atoms with Crippen molar-refractivity contribution in [2.75, 3.05) is 13.2 Å². The van der Waals surface area contributed by atoms with Crippen molar-refractivity contribution in [2.45, 2.75) is 59.4 Å². The topological polar surface area (TPSA) is 21.3 Å². The summed E-state index contributed by atoms with van der Waals surface area (Å²) in [6.07, 6.45) is 1.14. The highest BCUT2D eigenvalue weighted by molar-refractivity contribution is 5.31. The van der Waals surface area contributed by atoms with Gasteiger partial charge in [0.25, 0.3) is 0 Å². The van der Waals surface area contributed by atoms with Gasteiger partial charge in [-0.05, 0) is 29.5 Å². The smallest absolute Gasteiger partial charge is 0.119 e. The predicted molar refractivity (Wildman–Crippen MR) is 87.6 cm³/mol. The Hall–Kier alpha value is -1.02. The zero-order valence-electron chi connectivity index (χ0n) is 14.0. The number of nitrogens with one attached hydrogen (secondary N) is 1. The van der Waals surface area contributed by atoms with Crippen molar-refractivity contribution in [1.29, 1.82) is 0 Å². The minimum atomic E-state index is 0.243. The van der Waals surface area contributed by atoms with Gasteiger partial charge in [0.15, 0.2) is 0 Å². The zero-order chi connectivity index (χ0) is 15.2. The summed E-state index contributed by atoms with van der Waals surface area (Å²) in [5.74, 6) is 1.49. The largest absolute Gasteiger partial charge is 0.493 e. The quantitative estimate of drug-likeness (QED) is 0.761. The van der Waals surface area contributed by atoms with E-state index >= 15 is 0 Å². The van der Waals surface area contributed by atoms with Crippen molar-refractivity contribution in [1.82, 2.24) is 5.32 Å². The zero-order valence-corrected chi connectivity index (χ0v) is 14.0. The molecule has 2 heteroatoms. The van der Waals surface area contributed by atoms with Gasteiger partial charge in [-0.2, -0.15) is 0 Å². The van der Waals surface area contributed by atoms with E-state index in [1.807, 2.05) is 0 Å². The molecule has 0 fully saturated rings. The Bertz CT molecular complexity index is 381. The summed E-state index contributed by atoms with van der Waals surface area (Å²) >= 11 is 0. The second-order valence-electron chi connectivity index (χ2n) is 6.74. The van der Waals surface area contributed by atoms with Crippen LogP contribution in [0.15, 0.2) is 24.3 Å². The molecular formula is C18H31NO. The third-order valence-corrected chi connectivity index (χ3v) is 3.93. The molecule has 0 amide bonds. The van der Waals surface area contributed by atoms with E-state index in [9.17, 15) is 0 Å². The Kier molecular flexibility index (Phi) is 6.54. The van der Waals surface area contributed by atoms with Gasteiger partial charge in [0.1, 0.15) is 5.75 Å². The summed E-state index contributed by atoms with van der Waals surface area (Å²) in [5.41, 5.74) is 1.62. The van der Waals surface area contributed by atoms with E-state index in [4.69, 9.17) is 4.74 Å². The number of ether oxygens (including phenoxy) is 1. The Balaban J connectivity index is 2.46. The molecule has 1 rings (SSSR count). The van der Waals surface area contributed by atoms with Gasteiger partial charge in [-0.25, -0.2) is 0 Å². The van der Waals surface area contributed by atoms with Crippen molar-refractivity contribution < 1.29 is 4.74 Å². The van der Waals surface area contributed by atoms with E-state index in [1.165, 1.54) is 5.56 Å². The summed E-state index contributed by atoms with van der Waals surface area (Å²) in [6, 6.07) is 9.10. The van der Waals surface area contributed by atoms with Crippen LogP contribution < -0.4 is 10.1 Å². The predicted octanol–water partition coefficient (Wildman–Crippen LogP) is 4.39. The van der Waals surface area contributed by atoms with Crippen LogP contribution in [0.4, 0.5) is 0 Å². The van der Waals surface area contributed by atoms with E-state index in [0.29, 0.717) is 12.0 Å². The molecular weight excluding hydrogens is 246 g/mol. The highest BCUT2D eigenvalue weighted by Crippen LogP contribution is 2.28. The van der Waals surface area contributed by atoms with Crippen molar-refractivity contribution >= 4 is 0 Å². The fourth-order valence-electron chi connectivity index (χ4n) is 1.94. The first kappa shape index (κ1) is 17.0. The molecule has 0 saturated heterocycles. The van der Waals surface area contributed by atoms with E-state index in [1.54, 1.807) is 0 Å². The van der Waals surface area contributed by atoms with Gasteiger partial charge in [-0.15, -0.1) is 0 Å². The molecule has 0 spiro atoms. The average Bonchev–Trinajstić information content (AvgIpc) is 2.43. The summed E-state index contributed by atoms with van der Waals surface area (Å²) in [7, 11) is 0. The summed E-state index contributed by atoms with van der Waals surface area (Å²) in [5, 5.41) is 3.44. The van der Waals surface area contributed by atoms with Gasteiger partial charge >= 0.3 is 0 Å². The summed E-state index contributed by atoms with van der Waals surface area (Å²) < 4.78 is 5.86. The van der Waals surface area contributed by atoms with E-state index in [2.05, 4.69) is 71.1 Å². The van der Waals surface area contributed by atoms with Gasteiger partial charge < -0.3 is 10.1 Å². The minimum Gasteiger partial charge on any atom is -0.493 e. The van der Waals surface area contributed by atoms with Crippen LogP contribution in [0.2, 0.25) is 0 Å². The Morgan fingerprint density at radius 1 is 1.10 bits per heavy atom. The lowest BCUT2D eigenvalue weighted by Gasteiger charge is -2.23. The van der Waals surface area contributed by atoms with Crippen LogP contribution in [0.5, 0.6) is 5.75 Å². The van der Waals surface area contributed by atoms with Gasteiger partial charge in [0.05, 0.1) is 6.61 Å². The molecule has 1 aromatic carbocycles. The molecule has 2 nitrogen and oxygen atoms in total. The fraction of sp³-hybridized carbons (Fsp3) is 0.667. The first-order valence-corrected chi connectivity index (χ1v) is 7.82. The first-order chi connectivity index (χ1) is 9.35. The molecule has 0 saturated carbocycles. The standard InChI is InChI=1S/C18H31NO/c1-7-18(5,6)16-8-10-17(11-9-16)20-13-15(4)12-19-14(2)3/h8-11,14-15,19H,7,12-13H2,1-6H3. The van der Waals surface area contributed by atoms with E-state index in [0.717, 1.165) is 25.3 Å². The van der Waals surface area contributed by atoms with Crippen LogP contribution in [0, 0.1) is 5.92 Å². The average molecular weight is 277 g/mol. The number of rotatable bonds is 8. The normalized spacial score (nSPS) is 13.6. The SMILES string of the molecule is CCC(C)(C)c1ccc(OCC(C)CNC(C)C)cc1. The molecule has 0 radical (unpaired) electrons. The van der Waals surface area contributed by atoms with Crippen LogP contribution in [0.25, 0.3) is 0 Å². The minimum absolute atomic E-state index is 0.243. The molecule has 20 heavy (non-hydrogen) atoms. The van der Waals surface area contributed by atoms with Crippen LogP contribution >= 0.6 is 0 Å². The molecule has 1 aromatic rings. The molecule has 114 valence electrons. The van der Waals surface area contributed by atoms with Gasteiger partial charge in [-0.3, -0.25) is 0 Å². The van der Waals surface area contributed by atoms with E-state index in [-0.39, 0.29) is 5.41 Å². The van der Waals surface area contributed by atoms with E-state index < -0.39 is 0 Å². The lowest BCUT2D eigenvalue weighted by Crippen LogP contribution is -2.30. The summed E-state index contributed by atoms with van der Waals surface area (Å²) in [6.45, 7) is 15.1. The van der Waals surface area contributed by atoms with Crippen molar-refractivity contribution in [3.8, 4) is 5.75 Å². The lowest BCUT2D eigenvalue weighted by molar-refractivity contribution is 0.253. The third-order valence-electron chi connectivity index (χ3n) is 3.93. The molecule has 0 aromatic heterocycles. The number of hydrogen-bond acceptors (Lipinski definition) is 2. The summed E-state index contributed by atoms with van der Waals surface area (Å²) in [4.78, 5) is 0. The molecule has 1 atom stereocenters. The third kappa shape index (κ3) is 5.54. The maximum atomic E-state index is 5.86. The second kappa shape index (κ2) is 7.68. The lowest BCUT2D eigenvalue weighted by atomic mass is 9.82. The van der Waals surface area contributed by atoms with Crippen molar-refractivity contribution in [3.63, 3.8) is 0 Å². The fourth-order valence-corrected chi connectivity index (χ4v) is 1.94. The van der Waals surface area contributed by atoms with Crippen LogP contribution in [0.3, 0.4) is 0 Å². The van der Waals surface area contributed by atoms with Gasteiger partial charge in [0.2, 0.25) is 0 Å². The highest BCUT2D eigenvalue weighted by Gasteiger charge is 2.17. The second-order valence-corrected chi connectivity index (χ2v) is 6.74. The number of benzene rings is 1. The number of hydrogen-bond donors (Lipinski definition) is 1. The highest BCUT2D eigenvalue weighted by atomic mass is 16.5. The Labute approximate surface area is 124 Å². The van der Waals surface area contributed by atoms with Crippen molar-refractivity contribution in [2.24, 2.45) is 5.92 Å². The molecule has 0 aliphatic heterocycles. The molecule has 0 heterocycles. The first-order valence-electron chi connectivity index (χ1n) is 7.82. The van der Waals surface area contributed by atoms with Crippen molar-refractivity contribution in [3.05, 3.63) is 29.8 Å². The van der Waals surface area contributed by atoms with Crippen LogP contribution in [0.1, 0.15) is 53.5 Å². The van der Waals surface area contributed by atoms with Crippen LogP contribution in [-0.2, 0) is 5.41 Å². The molecule has 0 aliphatic rings. The molecule has 0 bridgehead atoms. The Morgan fingerprint density at radius 3 is 2.20 bits per heavy atom. The maximum Gasteiger partial charge on any atom is 0.119 e. The molecule has 1 unspecified atom stereocenters. The monoisotopic (exact) mass is 277 g/mol. The van der Waals surface area contributed by atoms with Gasteiger partial charge in [0, 0.05) is 18.5 Å². The maximum absolute atomic E-state index is 5.86. The van der Waals surface area contributed by atoms with Gasteiger partial charge in [-0.1, -0.05) is 53.7 Å². The van der Waals surface area contributed by atoms with Crippen LogP contribution in [-0.4, -0.2) is 19.2 Å². The Morgan fingerprint density at radius 2 is 1.70 bits per heavy atom. The molecule has 0 aliphatic carbocycles. The molecule has 1 N–H and O–H groups in total.